The van der Waals surface area contributed by atoms with Gasteiger partial charge in [-0.25, -0.2) is 0 Å². The van der Waals surface area contributed by atoms with Crippen molar-refractivity contribution in [1.82, 2.24) is 0 Å². The Balaban J connectivity index is 0.00000144. The second kappa shape index (κ2) is 7.08. The molecular weight excluding hydrogens is 180 g/mol. The van der Waals surface area contributed by atoms with E-state index >= 15 is 0 Å². The number of halogens is 1. The van der Waals surface area contributed by atoms with Crippen molar-refractivity contribution in [3.05, 3.63) is 29.7 Å². The SMILES string of the molecule is CCCCCCC1=C[C+](C)C=C1.[Cl-]. The van der Waals surface area contributed by atoms with Gasteiger partial charge in [0.15, 0.2) is 0 Å². The molecule has 0 spiro atoms. The molecule has 0 bridgehead atoms. The lowest BCUT2D eigenvalue weighted by Gasteiger charge is -1.94. The Morgan fingerprint density at radius 1 is 1.23 bits per heavy atom. The van der Waals surface area contributed by atoms with E-state index in [0.717, 1.165) is 0 Å². The molecule has 0 saturated heterocycles. The van der Waals surface area contributed by atoms with Crippen LogP contribution in [0.4, 0.5) is 0 Å². The summed E-state index contributed by atoms with van der Waals surface area (Å²) in [6.07, 6.45) is 13.5. The van der Waals surface area contributed by atoms with E-state index in [9.17, 15) is 0 Å². The first-order valence-corrected chi connectivity index (χ1v) is 5.05. The molecular formula is C12H19Cl. The van der Waals surface area contributed by atoms with Crippen molar-refractivity contribution in [2.75, 3.05) is 0 Å². The van der Waals surface area contributed by atoms with E-state index in [4.69, 9.17) is 0 Å². The van der Waals surface area contributed by atoms with Gasteiger partial charge in [0.2, 0.25) is 0 Å². The maximum absolute atomic E-state index is 2.30. The summed E-state index contributed by atoms with van der Waals surface area (Å²) in [4.78, 5) is 0. The van der Waals surface area contributed by atoms with Gasteiger partial charge in [-0.15, -0.1) is 0 Å². The second-order valence-corrected chi connectivity index (χ2v) is 3.61. The van der Waals surface area contributed by atoms with Crippen LogP contribution in [0.5, 0.6) is 0 Å². The minimum absolute atomic E-state index is 0. The molecule has 0 nitrogen and oxygen atoms in total. The van der Waals surface area contributed by atoms with Crippen molar-refractivity contribution in [3.63, 3.8) is 0 Å². The number of hydrogen-bond acceptors (Lipinski definition) is 0. The molecule has 0 amide bonds. The summed E-state index contributed by atoms with van der Waals surface area (Å²) >= 11 is 0. The maximum Gasteiger partial charge on any atom is 0.0934 e. The van der Waals surface area contributed by atoms with Crippen LogP contribution in [0.25, 0.3) is 0 Å². The summed E-state index contributed by atoms with van der Waals surface area (Å²) in [5.74, 6) is 1.40. The van der Waals surface area contributed by atoms with Crippen LogP contribution in [0.15, 0.2) is 23.8 Å². The zero-order chi connectivity index (χ0) is 8.81. The molecule has 0 radical (unpaired) electrons. The molecule has 0 atom stereocenters. The Bertz CT molecular complexity index is 180. The van der Waals surface area contributed by atoms with Crippen LogP contribution in [-0.4, -0.2) is 0 Å². The third-order valence-electron chi connectivity index (χ3n) is 2.29. The lowest BCUT2D eigenvalue weighted by atomic mass is 10.1. The van der Waals surface area contributed by atoms with Crippen LogP contribution in [0.1, 0.15) is 46.0 Å². The highest BCUT2D eigenvalue weighted by Crippen LogP contribution is 2.21. The lowest BCUT2D eigenvalue weighted by Crippen LogP contribution is -3.00. The van der Waals surface area contributed by atoms with Crippen molar-refractivity contribution >= 4 is 0 Å². The van der Waals surface area contributed by atoms with Gasteiger partial charge in [0.25, 0.3) is 0 Å². The molecule has 1 aliphatic carbocycles. The first-order valence-electron chi connectivity index (χ1n) is 5.05. The molecule has 1 heteroatoms. The van der Waals surface area contributed by atoms with E-state index in [1.807, 2.05) is 0 Å². The molecule has 0 fully saturated rings. The molecule has 0 aliphatic heterocycles. The second-order valence-electron chi connectivity index (χ2n) is 3.61. The first-order chi connectivity index (χ1) is 5.83. The van der Waals surface area contributed by atoms with E-state index in [0.29, 0.717) is 0 Å². The average Bonchev–Trinajstić information content (AvgIpc) is 2.45. The van der Waals surface area contributed by atoms with E-state index < -0.39 is 0 Å². The predicted molar refractivity (Wildman–Crippen MR) is 54.9 cm³/mol. The molecule has 74 valence electrons. The molecule has 0 aromatic rings. The summed E-state index contributed by atoms with van der Waals surface area (Å²) in [5, 5.41) is 0. The van der Waals surface area contributed by atoms with Crippen LogP contribution < -0.4 is 12.4 Å². The van der Waals surface area contributed by atoms with Gasteiger partial charge in [0, 0.05) is 13.3 Å². The Kier molecular flexibility index (Phi) is 6.89. The summed E-state index contributed by atoms with van der Waals surface area (Å²) in [6.45, 7) is 4.42. The molecule has 0 aromatic heterocycles. The number of hydrogen-bond donors (Lipinski definition) is 0. The van der Waals surface area contributed by atoms with E-state index in [-0.39, 0.29) is 12.4 Å². The van der Waals surface area contributed by atoms with Gasteiger partial charge in [-0.05, 0) is 6.42 Å². The number of rotatable bonds is 5. The van der Waals surface area contributed by atoms with Gasteiger partial charge >= 0.3 is 0 Å². The molecule has 0 saturated carbocycles. The average molecular weight is 199 g/mol. The number of unbranched alkanes of at least 4 members (excludes halogenated alkanes) is 3. The minimum atomic E-state index is 0. The van der Waals surface area contributed by atoms with Gasteiger partial charge in [-0.3, -0.25) is 0 Å². The van der Waals surface area contributed by atoms with Gasteiger partial charge in [-0.1, -0.05) is 26.2 Å². The highest BCUT2D eigenvalue weighted by atomic mass is 35.5. The molecule has 0 unspecified atom stereocenters. The molecule has 13 heavy (non-hydrogen) atoms. The number of allylic oxidation sites excluding steroid dienone is 4. The highest BCUT2D eigenvalue weighted by Gasteiger charge is 2.12. The Morgan fingerprint density at radius 2 is 2.00 bits per heavy atom. The first kappa shape index (κ1) is 12.6. The Morgan fingerprint density at radius 3 is 2.54 bits per heavy atom. The van der Waals surface area contributed by atoms with Gasteiger partial charge in [0.1, 0.15) is 0 Å². The van der Waals surface area contributed by atoms with Crippen molar-refractivity contribution in [1.29, 1.82) is 0 Å². The smallest absolute Gasteiger partial charge is 0.0934 e. The summed E-state index contributed by atoms with van der Waals surface area (Å²) in [6, 6.07) is 0. The van der Waals surface area contributed by atoms with Gasteiger partial charge in [0.05, 0.1) is 29.7 Å². The van der Waals surface area contributed by atoms with Crippen molar-refractivity contribution in [2.45, 2.75) is 46.0 Å². The molecule has 0 aromatic carbocycles. The van der Waals surface area contributed by atoms with Gasteiger partial charge in [-0.2, -0.15) is 0 Å². The predicted octanol–water partition coefficient (Wildman–Crippen LogP) is 1.05. The summed E-state index contributed by atoms with van der Waals surface area (Å²) in [5.41, 5.74) is 1.52. The molecule has 1 rings (SSSR count). The standard InChI is InChI=1S/C12H19.ClH/c1-3-4-5-6-7-12-9-8-11(2)10-12;/h8-10H,3-7H2,1-2H3;1H/q+1;/p-1. The van der Waals surface area contributed by atoms with Crippen LogP contribution in [0.2, 0.25) is 0 Å². The fraction of sp³-hybridized carbons (Fsp3) is 0.583. The lowest BCUT2D eigenvalue weighted by molar-refractivity contribution is -0.00000266. The quantitative estimate of drug-likeness (QED) is 0.458. The third kappa shape index (κ3) is 5.05. The fourth-order valence-electron chi connectivity index (χ4n) is 1.54. The summed E-state index contributed by atoms with van der Waals surface area (Å²) in [7, 11) is 0. The van der Waals surface area contributed by atoms with Gasteiger partial charge < -0.3 is 12.4 Å². The van der Waals surface area contributed by atoms with E-state index in [2.05, 4.69) is 32.1 Å². The normalized spacial score (nSPS) is 14.3. The van der Waals surface area contributed by atoms with Crippen molar-refractivity contribution in [2.24, 2.45) is 0 Å². The molecule has 0 heterocycles. The summed E-state index contributed by atoms with van der Waals surface area (Å²) < 4.78 is 0. The van der Waals surface area contributed by atoms with Crippen LogP contribution in [0.3, 0.4) is 0 Å². The van der Waals surface area contributed by atoms with E-state index in [1.54, 1.807) is 0 Å². The van der Waals surface area contributed by atoms with Crippen LogP contribution in [-0.2, 0) is 0 Å². The van der Waals surface area contributed by atoms with Crippen LogP contribution in [0, 0.1) is 5.92 Å². The fourth-order valence-corrected chi connectivity index (χ4v) is 1.54. The van der Waals surface area contributed by atoms with Crippen LogP contribution >= 0.6 is 0 Å². The Labute approximate surface area is 88.5 Å². The topological polar surface area (TPSA) is 0 Å². The van der Waals surface area contributed by atoms with Crippen molar-refractivity contribution in [3.8, 4) is 0 Å². The monoisotopic (exact) mass is 198 g/mol. The zero-order valence-electron chi connectivity index (χ0n) is 8.65. The minimum Gasteiger partial charge on any atom is -1.00 e. The highest BCUT2D eigenvalue weighted by molar-refractivity contribution is 5.39. The maximum atomic E-state index is 2.30. The third-order valence-corrected chi connectivity index (χ3v) is 2.29. The Hall–Kier alpha value is -0.360. The zero-order valence-corrected chi connectivity index (χ0v) is 9.40. The molecule has 1 aliphatic rings. The van der Waals surface area contributed by atoms with E-state index in [1.165, 1.54) is 43.6 Å². The van der Waals surface area contributed by atoms with Crippen molar-refractivity contribution < 1.29 is 12.4 Å². The molecule has 0 N–H and O–H groups in total. The largest absolute Gasteiger partial charge is 1.00 e.